The van der Waals surface area contributed by atoms with Crippen molar-refractivity contribution in [2.45, 2.75) is 13.1 Å². The van der Waals surface area contributed by atoms with E-state index in [2.05, 4.69) is 4.90 Å². The number of ether oxygens (including phenoxy) is 4. The molecule has 0 spiro atoms. The average molecular weight is 464 g/mol. The van der Waals surface area contributed by atoms with E-state index in [0.717, 1.165) is 22.4 Å². The van der Waals surface area contributed by atoms with Crippen molar-refractivity contribution in [3.63, 3.8) is 0 Å². The van der Waals surface area contributed by atoms with Gasteiger partial charge in [0.1, 0.15) is 18.2 Å². The van der Waals surface area contributed by atoms with Crippen LogP contribution in [-0.2, 0) is 13.1 Å². The summed E-state index contributed by atoms with van der Waals surface area (Å²) in [6.45, 7) is 1.64. The molecule has 0 radical (unpaired) electrons. The first-order valence-electron chi connectivity index (χ1n) is 10.5. The Kier molecular flexibility index (Phi) is 5.70. The number of fused-ring (bicyclic) bond motifs is 3. The molecule has 0 saturated heterocycles. The van der Waals surface area contributed by atoms with Gasteiger partial charge in [-0.1, -0.05) is 35.9 Å². The molecule has 3 aromatic carbocycles. The highest BCUT2D eigenvalue weighted by molar-refractivity contribution is 6.31. The van der Waals surface area contributed by atoms with Crippen LogP contribution in [0.1, 0.15) is 27.0 Å². The molecule has 0 aliphatic carbocycles. The SMILES string of the molecule is COc1ccc(/C=C2\Oc3c(ccc4c3CN(Cc3ccccc3Cl)CO4)C2=O)cc1OC. The largest absolute Gasteiger partial charge is 0.493 e. The van der Waals surface area contributed by atoms with Crippen LogP contribution in [0, 0.1) is 0 Å². The van der Waals surface area contributed by atoms with Gasteiger partial charge in [-0.3, -0.25) is 9.69 Å². The topological polar surface area (TPSA) is 57.2 Å². The molecule has 0 bridgehead atoms. The van der Waals surface area contributed by atoms with E-state index < -0.39 is 0 Å². The number of benzene rings is 3. The first kappa shape index (κ1) is 21.4. The van der Waals surface area contributed by atoms with Crippen LogP contribution in [0.5, 0.6) is 23.0 Å². The van der Waals surface area contributed by atoms with Crippen LogP contribution in [0.2, 0.25) is 5.02 Å². The quantitative estimate of drug-likeness (QED) is 0.477. The number of carbonyl (C=O) groups excluding carboxylic acids is 1. The van der Waals surface area contributed by atoms with Gasteiger partial charge in [0.2, 0.25) is 5.78 Å². The molecule has 2 heterocycles. The molecule has 0 N–H and O–H groups in total. The maximum Gasteiger partial charge on any atom is 0.231 e. The molecule has 0 unspecified atom stereocenters. The fourth-order valence-electron chi connectivity index (χ4n) is 4.07. The summed E-state index contributed by atoms with van der Waals surface area (Å²) in [6.07, 6.45) is 1.71. The number of allylic oxidation sites excluding steroid dienone is 1. The fourth-order valence-corrected chi connectivity index (χ4v) is 4.26. The highest BCUT2D eigenvalue weighted by Gasteiger charge is 2.33. The van der Waals surface area contributed by atoms with E-state index >= 15 is 0 Å². The third-order valence-corrected chi connectivity index (χ3v) is 6.11. The molecule has 5 rings (SSSR count). The molecular formula is C26H22ClNO5. The molecule has 0 atom stereocenters. The van der Waals surface area contributed by atoms with Crippen LogP contribution in [0.15, 0.2) is 60.4 Å². The molecule has 168 valence electrons. The molecule has 0 amide bonds. The van der Waals surface area contributed by atoms with Gasteiger partial charge >= 0.3 is 0 Å². The summed E-state index contributed by atoms with van der Waals surface area (Å²) in [5.74, 6) is 2.57. The van der Waals surface area contributed by atoms with Crippen molar-refractivity contribution in [1.29, 1.82) is 0 Å². The molecule has 0 fully saturated rings. The summed E-state index contributed by atoms with van der Waals surface area (Å²) in [5, 5.41) is 0.716. The lowest BCUT2D eigenvalue weighted by Crippen LogP contribution is -2.31. The summed E-state index contributed by atoms with van der Waals surface area (Å²) >= 11 is 6.33. The zero-order valence-electron chi connectivity index (χ0n) is 18.3. The van der Waals surface area contributed by atoms with Crippen LogP contribution in [-0.4, -0.2) is 31.6 Å². The van der Waals surface area contributed by atoms with E-state index in [0.29, 0.717) is 47.7 Å². The third kappa shape index (κ3) is 4.03. The Labute approximate surface area is 196 Å². The highest BCUT2D eigenvalue weighted by atomic mass is 35.5. The van der Waals surface area contributed by atoms with E-state index in [9.17, 15) is 4.79 Å². The minimum Gasteiger partial charge on any atom is -0.493 e. The number of hydrogen-bond acceptors (Lipinski definition) is 6. The van der Waals surface area contributed by atoms with Crippen molar-refractivity contribution in [3.05, 3.63) is 87.6 Å². The van der Waals surface area contributed by atoms with Gasteiger partial charge in [-0.2, -0.15) is 0 Å². The van der Waals surface area contributed by atoms with Crippen LogP contribution in [0.25, 0.3) is 6.08 Å². The van der Waals surface area contributed by atoms with Crippen molar-refractivity contribution in [2.75, 3.05) is 21.0 Å². The first-order chi connectivity index (χ1) is 16.1. The third-order valence-electron chi connectivity index (χ3n) is 5.74. The van der Waals surface area contributed by atoms with Crippen molar-refractivity contribution in [2.24, 2.45) is 0 Å². The Hall–Kier alpha value is -3.48. The zero-order valence-corrected chi connectivity index (χ0v) is 19.0. The van der Waals surface area contributed by atoms with Gasteiger partial charge in [-0.05, 0) is 47.5 Å². The predicted octanol–water partition coefficient (Wildman–Crippen LogP) is 5.33. The number of ketones is 1. The minimum absolute atomic E-state index is 0.161. The minimum atomic E-state index is -0.161. The van der Waals surface area contributed by atoms with Crippen LogP contribution < -0.4 is 18.9 Å². The fraction of sp³-hybridized carbons (Fsp3) is 0.192. The summed E-state index contributed by atoms with van der Waals surface area (Å²) in [4.78, 5) is 15.2. The Morgan fingerprint density at radius 3 is 2.67 bits per heavy atom. The molecular weight excluding hydrogens is 442 g/mol. The number of carbonyl (C=O) groups is 1. The molecule has 7 heteroatoms. The highest BCUT2D eigenvalue weighted by Crippen LogP contribution is 2.42. The van der Waals surface area contributed by atoms with Gasteiger partial charge in [0.05, 0.1) is 25.3 Å². The van der Waals surface area contributed by atoms with E-state index in [1.54, 1.807) is 38.5 Å². The average Bonchev–Trinajstić information content (AvgIpc) is 3.16. The summed E-state index contributed by atoms with van der Waals surface area (Å²) < 4.78 is 22.7. The summed E-state index contributed by atoms with van der Waals surface area (Å²) in [6, 6.07) is 16.8. The predicted molar refractivity (Wildman–Crippen MR) is 125 cm³/mol. The molecule has 2 aliphatic heterocycles. The second kappa shape index (κ2) is 8.81. The van der Waals surface area contributed by atoms with Gasteiger partial charge in [-0.25, -0.2) is 0 Å². The van der Waals surface area contributed by atoms with Crippen LogP contribution in [0.4, 0.5) is 0 Å². The monoisotopic (exact) mass is 463 g/mol. The van der Waals surface area contributed by atoms with Crippen molar-refractivity contribution >= 4 is 23.5 Å². The number of Topliss-reactive ketones (excluding diaryl/α,β-unsaturated/α-hetero) is 1. The first-order valence-corrected chi connectivity index (χ1v) is 10.9. The lowest BCUT2D eigenvalue weighted by molar-refractivity contribution is 0.0873. The second-order valence-corrected chi connectivity index (χ2v) is 8.23. The number of hydrogen-bond donors (Lipinski definition) is 0. The van der Waals surface area contributed by atoms with Crippen LogP contribution >= 0.6 is 11.6 Å². The van der Waals surface area contributed by atoms with Gasteiger partial charge in [0.25, 0.3) is 0 Å². The van der Waals surface area contributed by atoms with E-state index in [1.807, 2.05) is 36.4 Å². The maximum absolute atomic E-state index is 13.1. The molecule has 0 aromatic heterocycles. The number of halogens is 1. The second-order valence-electron chi connectivity index (χ2n) is 7.83. The van der Waals surface area contributed by atoms with Crippen molar-refractivity contribution in [3.8, 4) is 23.0 Å². The lowest BCUT2D eigenvalue weighted by Gasteiger charge is -2.30. The van der Waals surface area contributed by atoms with Gasteiger partial charge in [-0.15, -0.1) is 0 Å². The van der Waals surface area contributed by atoms with Crippen LogP contribution in [0.3, 0.4) is 0 Å². The summed E-state index contributed by atoms with van der Waals surface area (Å²) in [5.41, 5.74) is 3.18. The Bertz CT molecular complexity index is 1270. The standard InChI is InChI=1S/C26H22ClNO5/c1-30-22-9-7-16(11-23(22)31-2)12-24-25(29)18-8-10-21-19(26(18)33-24)14-28(15-32-21)13-17-5-3-4-6-20(17)27/h3-12H,13-15H2,1-2H3/b24-12-. The normalized spacial score (nSPS) is 16.1. The van der Waals surface area contributed by atoms with Gasteiger partial charge in [0.15, 0.2) is 17.3 Å². The molecule has 6 nitrogen and oxygen atoms in total. The zero-order chi connectivity index (χ0) is 22.9. The Morgan fingerprint density at radius 1 is 1.06 bits per heavy atom. The van der Waals surface area contributed by atoms with Gasteiger partial charge in [0, 0.05) is 18.1 Å². The van der Waals surface area contributed by atoms with Gasteiger partial charge < -0.3 is 18.9 Å². The van der Waals surface area contributed by atoms with E-state index in [4.69, 9.17) is 30.5 Å². The molecule has 0 saturated carbocycles. The molecule has 33 heavy (non-hydrogen) atoms. The van der Waals surface area contributed by atoms with E-state index in [-0.39, 0.29) is 11.5 Å². The molecule has 2 aliphatic rings. The number of rotatable bonds is 5. The Morgan fingerprint density at radius 2 is 1.88 bits per heavy atom. The summed E-state index contributed by atoms with van der Waals surface area (Å²) in [7, 11) is 3.15. The van der Waals surface area contributed by atoms with Crippen molar-refractivity contribution < 1.29 is 23.7 Å². The van der Waals surface area contributed by atoms with Crippen molar-refractivity contribution in [1.82, 2.24) is 4.90 Å². The lowest BCUT2D eigenvalue weighted by atomic mass is 10.0. The van der Waals surface area contributed by atoms with E-state index in [1.165, 1.54) is 0 Å². The number of methoxy groups -OCH3 is 2. The molecule has 3 aromatic rings. The smallest absolute Gasteiger partial charge is 0.231 e. The Balaban J connectivity index is 1.42. The maximum atomic E-state index is 13.1. The number of nitrogens with zero attached hydrogens (tertiary/aromatic N) is 1.